The van der Waals surface area contributed by atoms with Crippen molar-refractivity contribution in [3.8, 4) is 0 Å². The standard InChI is InChI=1S/C28H29NO2/c1-2-26(23-10-5-3-6-11-23)28(24-12-7-4-8-13-24)25-17-14-22(15-18-25)16-19-27(31)29-20-9-21-30/h3-8,10-19,30H,2,9,20-21H2,1H3,(H,29,31). The van der Waals surface area contributed by atoms with Crippen LogP contribution in [-0.2, 0) is 4.79 Å². The van der Waals surface area contributed by atoms with Crippen LogP contribution in [0, 0.1) is 0 Å². The molecular formula is C28H29NO2. The van der Waals surface area contributed by atoms with Crippen molar-refractivity contribution in [2.45, 2.75) is 19.8 Å². The molecule has 0 aromatic heterocycles. The number of hydrogen-bond donors (Lipinski definition) is 2. The number of carbonyl (C=O) groups is 1. The van der Waals surface area contributed by atoms with E-state index in [2.05, 4.69) is 72.9 Å². The van der Waals surface area contributed by atoms with Gasteiger partial charge < -0.3 is 10.4 Å². The van der Waals surface area contributed by atoms with Crippen molar-refractivity contribution in [1.29, 1.82) is 0 Å². The van der Waals surface area contributed by atoms with Crippen molar-refractivity contribution in [3.05, 3.63) is 113 Å². The molecule has 0 saturated heterocycles. The number of aliphatic hydroxyl groups excluding tert-OH is 1. The topological polar surface area (TPSA) is 49.3 Å². The molecule has 0 saturated carbocycles. The van der Waals surface area contributed by atoms with Crippen molar-refractivity contribution in [3.63, 3.8) is 0 Å². The summed E-state index contributed by atoms with van der Waals surface area (Å²) in [5.74, 6) is -0.153. The van der Waals surface area contributed by atoms with E-state index >= 15 is 0 Å². The zero-order valence-electron chi connectivity index (χ0n) is 17.9. The highest BCUT2D eigenvalue weighted by Crippen LogP contribution is 2.34. The molecule has 0 unspecified atom stereocenters. The monoisotopic (exact) mass is 411 g/mol. The first-order chi connectivity index (χ1) is 15.2. The molecular weight excluding hydrogens is 382 g/mol. The Morgan fingerprint density at radius 3 is 2.00 bits per heavy atom. The van der Waals surface area contributed by atoms with E-state index in [9.17, 15) is 4.79 Å². The van der Waals surface area contributed by atoms with Gasteiger partial charge in [0.25, 0.3) is 0 Å². The molecule has 0 atom stereocenters. The molecule has 1 amide bonds. The molecule has 31 heavy (non-hydrogen) atoms. The molecule has 2 N–H and O–H groups in total. The molecule has 0 heterocycles. The second-order valence-electron chi connectivity index (χ2n) is 7.26. The van der Waals surface area contributed by atoms with Gasteiger partial charge in [-0.3, -0.25) is 4.79 Å². The van der Waals surface area contributed by atoms with E-state index in [1.165, 1.54) is 28.3 Å². The van der Waals surface area contributed by atoms with Crippen molar-refractivity contribution in [2.75, 3.05) is 13.2 Å². The molecule has 0 aliphatic heterocycles. The lowest BCUT2D eigenvalue weighted by Crippen LogP contribution is -2.22. The number of aliphatic hydroxyl groups is 1. The fourth-order valence-corrected chi connectivity index (χ4v) is 3.57. The maximum absolute atomic E-state index is 11.8. The average Bonchev–Trinajstić information content (AvgIpc) is 2.83. The third kappa shape index (κ3) is 6.27. The highest BCUT2D eigenvalue weighted by Gasteiger charge is 2.12. The van der Waals surface area contributed by atoms with E-state index < -0.39 is 0 Å². The van der Waals surface area contributed by atoms with Gasteiger partial charge in [0.1, 0.15) is 0 Å². The first-order valence-corrected chi connectivity index (χ1v) is 10.7. The van der Waals surface area contributed by atoms with Gasteiger partial charge >= 0.3 is 0 Å². The summed E-state index contributed by atoms with van der Waals surface area (Å²) < 4.78 is 0. The average molecular weight is 412 g/mol. The van der Waals surface area contributed by atoms with Gasteiger partial charge in [-0.15, -0.1) is 0 Å². The molecule has 3 aromatic rings. The quantitative estimate of drug-likeness (QED) is 0.275. The lowest BCUT2D eigenvalue weighted by atomic mass is 9.88. The second kappa shape index (κ2) is 11.7. The van der Waals surface area contributed by atoms with Crippen molar-refractivity contribution < 1.29 is 9.90 Å². The van der Waals surface area contributed by atoms with Gasteiger partial charge in [-0.05, 0) is 52.3 Å². The Kier molecular flexibility index (Phi) is 8.39. The summed E-state index contributed by atoms with van der Waals surface area (Å²) in [6, 6.07) is 29.3. The summed E-state index contributed by atoms with van der Waals surface area (Å²) in [7, 11) is 0. The fourth-order valence-electron chi connectivity index (χ4n) is 3.57. The molecule has 3 rings (SSSR count). The van der Waals surface area contributed by atoms with Crippen LogP contribution in [0.3, 0.4) is 0 Å². The normalized spacial score (nSPS) is 11.9. The van der Waals surface area contributed by atoms with Gasteiger partial charge in [0.2, 0.25) is 5.91 Å². The Morgan fingerprint density at radius 2 is 1.42 bits per heavy atom. The Bertz CT molecular complexity index is 1020. The van der Waals surface area contributed by atoms with Crippen molar-refractivity contribution in [1.82, 2.24) is 5.32 Å². The third-order valence-electron chi connectivity index (χ3n) is 5.10. The Hall–Kier alpha value is -3.43. The number of carbonyl (C=O) groups excluding carboxylic acids is 1. The number of hydrogen-bond acceptors (Lipinski definition) is 2. The summed E-state index contributed by atoms with van der Waals surface area (Å²) in [4.78, 5) is 11.8. The van der Waals surface area contributed by atoms with Gasteiger partial charge in [0, 0.05) is 19.2 Å². The van der Waals surface area contributed by atoms with E-state index in [1.54, 1.807) is 0 Å². The lowest BCUT2D eigenvalue weighted by molar-refractivity contribution is -0.116. The minimum Gasteiger partial charge on any atom is -0.396 e. The smallest absolute Gasteiger partial charge is 0.244 e. The van der Waals surface area contributed by atoms with Crippen molar-refractivity contribution >= 4 is 23.1 Å². The number of rotatable bonds is 9. The van der Waals surface area contributed by atoms with Crippen LogP contribution in [0.15, 0.2) is 91.0 Å². The Balaban J connectivity index is 1.92. The zero-order valence-corrected chi connectivity index (χ0v) is 17.9. The molecule has 3 aromatic carbocycles. The Morgan fingerprint density at radius 1 is 0.839 bits per heavy atom. The van der Waals surface area contributed by atoms with Gasteiger partial charge in [-0.25, -0.2) is 0 Å². The van der Waals surface area contributed by atoms with Crippen molar-refractivity contribution in [2.24, 2.45) is 0 Å². The SMILES string of the molecule is CCC(=C(c1ccccc1)c1ccc(C=CC(=O)NCCCO)cc1)c1ccccc1. The summed E-state index contributed by atoms with van der Waals surface area (Å²) in [5, 5.41) is 11.5. The van der Waals surface area contributed by atoms with Crippen LogP contribution >= 0.6 is 0 Å². The van der Waals surface area contributed by atoms with E-state index in [0.717, 1.165) is 17.5 Å². The van der Waals surface area contributed by atoms with Crippen LogP contribution < -0.4 is 5.32 Å². The molecule has 0 fully saturated rings. The van der Waals surface area contributed by atoms with E-state index in [-0.39, 0.29) is 12.5 Å². The van der Waals surface area contributed by atoms with Crippen LogP contribution in [0.25, 0.3) is 17.2 Å². The number of nitrogens with one attached hydrogen (secondary N) is 1. The second-order valence-corrected chi connectivity index (χ2v) is 7.26. The van der Waals surface area contributed by atoms with Crippen LogP contribution in [0.5, 0.6) is 0 Å². The van der Waals surface area contributed by atoms with E-state index in [0.29, 0.717) is 13.0 Å². The molecule has 0 bridgehead atoms. The third-order valence-corrected chi connectivity index (χ3v) is 5.10. The predicted octanol–water partition coefficient (Wildman–Crippen LogP) is 5.57. The molecule has 0 radical (unpaired) electrons. The fraction of sp³-hybridized carbons (Fsp3) is 0.179. The van der Waals surface area contributed by atoms with E-state index in [1.807, 2.05) is 30.3 Å². The van der Waals surface area contributed by atoms with Gasteiger partial charge in [-0.1, -0.05) is 91.9 Å². The van der Waals surface area contributed by atoms with Crippen LogP contribution in [0.2, 0.25) is 0 Å². The van der Waals surface area contributed by atoms with Gasteiger partial charge in [0.05, 0.1) is 0 Å². The minimum atomic E-state index is -0.153. The maximum atomic E-state index is 11.8. The molecule has 0 aliphatic carbocycles. The molecule has 3 heteroatoms. The first kappa shape index (κ1) is 22.3. The molecule has 0 aliphatic rings. The highest BCUT2D eigenvalue weighted by molar-refractivity contribution is 5.98. The molecule has 0 spiro atoms. The Labute approximate surface area is 184 Å². The number of benzene rings is 3. The summed E-state index contributed by atoms with van der Waals surface area (Å²) in [6.45, 7) is 2.74. The number of allylic oxidation sites excluding steroid dienone is 1. The van der Waals surface area contributed by atoms with Crippen LogP contribution in [-0.4, -0.2) is 24.2 Å². The van der Waals surface area contributed by atoms with E-state index in [4.69, 9.17) is 5.11 Å². The summed E-state index contributed by atoms with van der Waals surface area (Å²) >= 11 is 0. The minimum absolute atomic E-state index is 0.0749. The molecule has 3 nitrogen and oxygen atoms in total. The lowest BCUT2D eigenvalue weighted by Gasteiger charge is -2.16. The maximum Gasteiger partial charge on any atom is 0.244 e. The predicted molar refractivity (Wildman–Crippen MR) is 129 cm³/mol. The highest BCUT2D eigenvalue weighted by atomic mass is 16.3. The van der Waals surface area contributed by atoms with Gasteiger partial charge in [0.15, 0.2) is 0 Å². The first-order valence-electron chi connectivity index (χ1n) is 10.7. The largest absolute Gasteiger partial charge is 0.396 e. The summed E-state index contributed by atoms with van der Waals surface area (Å²) in [6.07, 6.45) is 4.82. The number of amides is 1. The molecule has 158 valence electrons. The summed E-state index contributed by atoms with van der Waals surface area (Å²) in [5.41, 5.74) is 7.06. The van der Waals surface area contributed by atoms with Crippen LogP contribution in [0.1, 0.15) is 42.0 Å². The van der Waals surface area contributed by atoms with Gasteiger partial charge in [-0.2, -0.15) is 0 Å². The zero-order chi connectivity index (χ0) is 21.9. The van der Waals surface area contributed by atoms with Crippen LogP contribution in [0.4, 0.5) is 0 Å².